The third-order valence-corrected chi connectivity index (χ3v) is 3.98. The second kappa shape index (κ2) is 8.22. The van der Waals surface area contributed by atoms with Crippen molar-refractivity contribution >= 4 is 29.3 Å². The van der Waals surface area contributed by atoms with Gasteiger partial charge in [-0.3, -0.25) is 4.79 Å². The number of carbonyl (C=O) groups excluding carboxylic acids is 1. The first-order valence-corrected chi connectivity index (χ1v) is 7.77. The first-order chi connectivity index (χ1) is 12.0. The van der Waals surface area contributed by atoms with Gasteiger partial charge in [-0.15, -0.1) is 0 Å². The van der Waals surface area contributed by atoms with Crippen molar-refractivity contribution < 1.29 is 14.3 Å². The van der Waals surface area contributed by atoms with E-state index in [-0.39, 0.29) is 5.57 Å². The summed E-state index contributed by atoms with van der Waals surface area (Å²) in [6.45, 7) is 1.79. The van der Waals surface area contributed by atoms with Gasteiger partial charge >= 0.3 is 0 Å². The lowest BCUT2D eigenvalue weighted by atomic mass is 10.1. The van der Waals surface area contributed by atoms with Gasteiger partial charge in [0.05, 0.1) is 14.2 Å². The van der Waals surface area contributed by atoms with Crippen LogP contribution in [0.2, 0.25) is 5.02 Å². The smallest absolute Gasteiger partial charge is 0.266 e. The minimum absolute atomic E-state index is 0.0466. The number of anilines is 1. The summed E-state index contributed by atoms with van der Waals surface area (Å²) in [5, 5.41) is 12.6. The van der Waals surface area contributed by atoms with E-state index in [1.807, 2.05) is 6.07 Å². The zero-order valence-corrected chi connectivity index (χ0v) is 14.8. The monoisotopic (exact) mass is 356 g/mol. The predicted octanol–water partition coefficient (Wildman–Crippen LogP) is 4.21. The summed E-state index contributed by atoms with van der Waals surface area (Å²) in [7, 11) is 3.06. The quantitative estimate of drug-likeness (QED) is 0.643. The maximum Gasteiger partial charge on any atom is 0.266 e. The van der Waals surface area contributed by atoms with Crippen molar-refractivity contribution in [3.8, 4) is 17.6 Å². The number of hydrogen-bond donors (Lipinski definition) is 1. The zero-order chi connectivity index (χ0) is 18.4. The van der Waals surface area contributed by atoms with Gasteiger partial charge in [-0.05, 0) is 48.4 Å². The van der Waals surface area contributed by atoms with Crippen LogP contribution in [0, 0.1) is 18.3 Å². The first kappa shape index (κ1) is 18.4. The molecule has 0 saturated carbocycles. The van der Waals surface area contributed by atoms with Crippen molar-refractivity contribution in [1.29, 1.82) is 5.26 Å². The fourth-order valence-electron chi connectivity index (χ4n) is 2.16. The minimum Gasteiger partial charge on any atom is -0.497 e. The number of methoxy groups -OCH3 is 2. The Labute approximate surface area is 151 Å². The van der Waals surface area contributed by atoms with Crippen molar-refractivity contribution in [2.75, 3.05) is 19.5 Å². The predicted molar refractivity (Wildman–Crippen MR) is 98.0 cm³/mol. The Morgan fingerprint density at radius 3 is 2.40 bits per heavy atom. The summed E-state index contributed by atoms with van der Waals surface area (Å²) < 4.78 is 10.4. The van der Waals surface area contributed by atoms with Crippen LogP contribution in [0.15, 0.2) is 42.0 Å². The van der Waals surface area contributed by atoms with Gasteiger partial charge in [-0.2, -0.15) is 5.26 Å². The van der Waals surface area contributed by atoms with E-state index in [4.69, 9.17) is 21.1 Å². The van der Waals surface area contributed by atoms with Crippen LogP contribution in [0.4, 0.5) is 5.69 Å². The van der Waals surface area contributed by atoms with Gasteiger partial charge in [0.2, 0.25) is 0 Å². The van der Waals surface area contributed by atoms with E-state index >= 15 is 0 Å². The topological polar surface area (TPSA) is 71.3 Å². The zero-order valence-electron chi connectivity index (χ0n) is 14.1. The van der Waals surface area contributed by atoms with E-state index < -0.39 is 5.91 Å². The van der Waals surface area contributed by atoms with Crippen LogP contribution >= 0.6 is 11.6 Å². The molecule has 0 aliphatic heterocycles. The number of ether oxygens (including phenoxy) is 2. The third-order valence-electron chi connectivity index (χ3n) is 3.57. The van der Waals surface area contributed by atoms with E-state index in [2.05, 4.69) is 5.32 Å². The fourth-order valence-corrected chi connectivity index (χ4v) is 2.34. The number of benzene rings is 2. The average Bonchev–Trinajstić information content (AvgIpc) is 2.62. The number of nitrogens with one attached hydrogen (secondary N) is 1. The number of halogens is 1. The highest BCUT2D eigenvalue weighted by molar-refractivity contribution is 6.31. The Balaban J connectivity index is 2.32. The molecule has 6 heteroatoms. The van der Waals surface area contributed by atoms with Crippen LogP contribution in [0.3, 0.4) is 0 Å². The molecule has 2 aromatic carbocycles. The molecule has 0 aliphatic rings. The molecule has 0 radical (unpaired) electrons. The molecule has 0 fully saturated rings. The standard InChI is InChI=1S/C19H17ClN2O3/c1-12-17(20)5-4-6-18(12)22-19(23)14(11-21)7-13-8-15(24-2)10-16(9-13)25-3/h4-10H,1-3H3,(H,22,23)/b14-7+. The molecule has 1 N–H and O–H groups in total. The molecule has 1 amide bonds. The number of hydrogen-bond acceptors (Lipinski definition) is 4. The molecule has 0 aliphatic carbocycles. The molecular weight excluding hydrogens is 340 g/mol. The SMILES string of the molecule is COc1cc(/C=C(\C#N)C(=O)Nc2cccc(Cl)c2C)cc(OC)c1. The molecule has 2 rings (SSSR count). The number of amides is 1. The lowest BCUT2D eigenvalue weighted by molar-refractivity contribution is -0.112. The molecule has 0 unspecified atom stereocenters. The van der Waals surface area contributed by atoms with Crippen LogP contribution in [0.5, 0.6) is 11.5 Å². The second-order valence-electron chi connectivity index (χ2n) is 5.18. The first-order valence-electron chi connectivity index (χ1n) is 7.39. The molecule has 25 heavy (non-hydrogen) atoms. The Hall–Kier alpha value is -2.97. The van der Waals surface area contributed by atoms with E-state index in [1.165, 1.54) is 20.3 Å². The molecule has 0 heterocycles. The number of carbonyl (C=O) groups is 1. The van der Waals surface area contributed by atoms with Gasteiger partial charge in [0.1, 0.15) is 23.1 Å². The van der Waals surface area contributed by atoms with Gasteiger partial charge < -0.3 is 14.8 Å². The van der Waals surface area contributed by atoms with Gasteiger partial charge in [0.25, 0.3) is 5.91 Å². The summed E-state index contributed by atoms with van der Waals surface area (Å²) in [5.41, 5.74) is 1.86. The molecule has 0 saturated heterocycles. The normalized spacial score (nSPS) is 10.8. The van der Waals surface area contributed by atoms with Crippen molar-refractivity contribution in [2.45, 2.75) is 6.92 Å². The molecule has 0 spiro atoms. The summed E-state index contributed by atoms with van der Waals surface area (Å²) >= 11 is 6.05. The summed E-state index contributed by atoms with van der Waals surface area (Å²) in [4.78, 5) is 12.4. The Morgan fingerprint density at radius 1 is 1.20 bits per heavy atom. The Kier molecular flexibility index (Phi) is 6.04. The highest BCUT2D eigenvalue weighted by atomic mass is 35.5. The average molecular weight is 357 g/mol. The second-order valence-corrected chi connectivity index (χ2v) is 5.59. The van der Waals surface area contributed by atoms with Gasteiger partial charge in [0.15, 0.2) is 0 Å². The summed E-state index contributed by atoms with van der Waals surface area (Å²) in [6, 6.07) is 12.2. The van der Waals surface area contributed by atoms with E-state index in [9.17, 15) is 10.1 Å². The lowest BCUT2D eigenvalue weighted by Gasteiger charge is -2.09. The number of rotatable bonds is 5. The molecule has 0 bridgehead atoms. The van der Waals surface area contributed by atoms with E-state index in [1.54, 1.807) is 43.3 Å². The van der Waals surface area contributed by atoms with E-state index in [0.29, 0.717) is 27.8 Å². The van der Waals surface area contributed by atoms with Crippen LogP contribution in [0.1, 0.15) is 11.1 Å². The van der Waals surface area contributed by atoms with Crippen LogP contribution in [-0.4, -0.2) is 20.1 Å². The maximum absolute atomic E-state index is 12.4. The van der Waals surface area contributed by atoms with E-state index in [0.717, 1.165) is 5.56 Å². The fraction of sp³-hybridized carbons (Fsp3) is 0.158. The highest BCUT2D eigenvalue weighted by Gasteiger charge is 2.12. The molecule has 0 atom stereocenters. The van der Waals surface area contributed by atoms with Crippen molar-refractivity contribution in [3.63, 3.8) is 0 Å². The van der Waals surface area contributed by atoms with Crippen LogP contribution in [0.25, 0.3) is 6.08 Å². The summed E-state index contributed by atoms with van der Waals surface area (Å²) in [5.74, 6) is 0.609. The van der Waals surface area contributed by atoms with Crippen molar-refractivity contribution in [1.82, 2.24) is 0 Å². The van der Waals surface area contributed by atoms with Crippen LogP contribution in [-0.2, 0) is 4.79 Å². The largest absolute Gasteiger partial charge is 0.497 e. The van der Waals surface area contributed by atoms with Gasteiger partial charge in [-0.25, -0.2) is 0 Å². The maximum atomic E-state index is 12.4. The highest BCUT2D eigenvalue weighted by Crippen LogP contribution is 2.25. The molecule has 128 valence electrons. The van der Waals surface area contributed by atoms with Crippen LogP contribution < -0.4 is 14.8 Å². The molecule has 2 aromatic rings. The van der Waals surface area contributed by atoms with Gasteiger partial charge in [0, 0.05) is 16.8 Å². The Morgan fingerprint density at radius 2 is 1.84 bits per heavy atom. The van der Waals surface area contributed by atoms with Gasteiger partial charge in [-0.1, -0.05) is 17.7 Å². The lowest BCUT2D eigenvalue weighted by Crippen LogP contribution is -2.14. The number of nitriles is 1. The molecular formula is C19H17ClN2O3. The number of nitrogens with zero attached hydrogens (tertiary/aromatic N) is 1. The van der Waals surface area contributed by atoms with Crippen molar-refractivity contribution in [3.05, 3.63) is 58.1 Å². The molecule has 0 aromatic heterocycles. The van der Waals surface area contributed by atoms with Crippen molar-refractivity contribution in [2.24, 2.45) is 0 Å². The molecule has 5 nitrogen and oxygen atoms in total. The minimum atomic E-state index is -0.519. The summed E-state index contributed by atoms with van der Waals surface area (Å²) in [6.07, 6.45) is 1.47. The Bertz CT molecular complexity index is 847. The third kappa shape index (κ3) is 4.52.